The lowest BCUT2D eigenvalue weighted by molar-refractivity contribution is -0.142. The summed E-state index contributed by atoms with van der Waals surface area (Å²) in [5.41, 5.74) is 3.01. The lowest BCUT2D eigenvalue weighted by atomic mass is 9.86. The van der Waals surface area contributed by atoms with Crippen molar-refractivity contribution in [1.82, 2.24) is 4.98 Å². The zero-order valence-corrected chi connectivity index (χ0v) is 32.6. The number of Topliss-reactive ketones (excluding diaryl/α,β-unsaturated/α-hetero) is 1. The van der Waals surface area contributed by atoms with Crippen LogP contribution in [0.15, 0.2) is 85.1 Å². The number of ketones is 1. The number of anilines is 3. The highest BCUT2D eigenvalue weighted by atomic mass is 32.2. The third-order valence-corrected chi connectivity index (χ3v) is 9.39. The Bertz CT molecular complexity index is 2390. The second kappa shape index (κ2) is 17.1. The molecule has 1 heterocycles. The molecule has 0 radical (unpaired) electrons. The number of aliphatic carboxylic acids is 1. The third-order valence-electron chi connectivity index (χ3n) is 8.80. The van der Waals surface area contributed by atoms with Crippen LogP contribution in [0.25, 0.3) is 10.8 Å². The molecule has 1 aromatic heterocycles. The van der Waals surface area contributed by atoms with E-state index in [9.17, 15) is 33.0 Å². The number of nitrogens with zero attached hydrogens (tertiary/aromatic N) is 1. The number of nitrogens with one attached hydrogen (secondary N) is 3. The summed E-state index contributed by atoms with van der Waals surface area (Å²) in [5.74, 6) is -1.46. The molecule has 0 saturated heterocycles. The van der Waals surface area contributed by atoms with Gasteiger partial charge in [-0.3, -0.25) is 19.3 Å². The van der Waals surface area contributed by atoms with Gasteiger partial charge >= 0.3 is 12.0 Å². The molecule has 0 aliphatic carbocycles. The number of benzene rings is 4. The number of sulfonamides is 1. The molecule has 15 heteroatoms. The van der Waals surface area contributed by atoms with Gasteiger partial charge in [-0.25, -0.2) is 13.2 Å². The standard InChI is InChI=1S/C41H44N4O10S/c1-41(2,3)26-20-33(38(54-5)34(21-26)45-56(6,51)52)44-40(50)43-32-13-14-36(30-10-8-7-9-29(30)32)55-28-15-16-42-27(22-28)17-24-11-12-31(37(18-24)53-4)35(47)19-25(23-46)39(48)49/h7-16,18,20-22,25,45-46H,17,19,23H2,1-6H3,(H,48,49)(H2,43,44,50)/t25-/m0/s1. The van der Waals surface area contributed by atoms with Crippen LogP contribution in [0.1, 0.15) is 54.4 Å². The van der Waals surface area contributed by atoms with Crippen LogP contribution in [0.5, 0.6) is 23.0 Å². The Morgan fingerprint density at radius 1 is 0.839 bits per heavy atom. The number of carboxylic acid groups (broad SMARTS) is 1. The van der Waals surface area contributed by atoms with Crippen LogP contribution in [0.3, 0.4) is 0 Å². The molecule has 294 valence electrons. The zero-order valence-electron chi connectivity index (χ0n) is 31.8. The van der Waals surface area contributed by atoms with Crippen molar-refractivity contribution < 1.29 is 47.2 Å². The number of aromatic nitrogens is 1. The predicted octanol–water partition coefficient (Wildman–Crippen LogP) is 7.21. The molecule has 5 aromatic rings. The lowest BCUT2D eigenvalue weighted by Crippen LogP contribution is -2.22. The van der Waals surface area contributed by atoms with E-state index < -0.39 is 40.3 Å². The molecule has 0 aliphatic heterocycles. The SMILES string of the molecule is COc1cc(Cc2cc(Oc3ccc(NC(=O)Nc4cc(C(C)(C)C)cc(NS(C)(=O)=O)c4OC)c4ccccc34)ccn2)ccc1C(=O)C[C@@H](CO)C(=O)O. The van der Waals surface area contributed by atoms with Crippen LogP contribution in [0.4, 0.5) is 21.9 Å². The van der Waals surface area contributed by atoms with Crippen LogP contribution in [-0.2, 0) is 26.7 Å². The zero-order chi connectivity index (χ0) is 40.8. The summed E-state index contributed by atoms with van der Waals surface area (Å²) in [6, 6.07) is 22.2. The molecule has 5 N–H and O–H groups in total. The minimum Gasteiger partial charge on any atom is -0.496 e. The highest BCUT2D eigenvalue weighted by molar-refractivity contribution is 7.92. The van der Waals surface area contributed by atoms with Crippen molar-refractivity contribution >= 4 is 55.6 Å². The van der Waals surface area contributed by atoms with Crippen molar-refractivity contribution in [2.24, 2.45) is 5.92 Å². The third kappa shape index (κ3) is 10.1. The number of aliphatic hydroxyl groups excluding tert-OH is 1. The summed E-state index contributed by atoms with van der Waals surface area (Å²) < 4.78 is 44.1. The van der Waals surface area contributed by atoms with E-state index in [4.69, 9.17) is 14.2 Å². The maximum Gasteiger partial charge on any atom is 0.323 e. The number of hydrogen-bond acceptors (Lipinski definition) is 10. The van der Waals surface area contributed by atoms with E-state index in [1.54, 1.807) is 60.8 Å². The first-order valence-corrected chi connectivity index (χ1v) is 19.4. The van der Waals surface area contributed by atoms with Gasteiger partial charge in [-0.15, -0.1) is 0 Å². The van der Waals surface area contributed by atoms with Crippen LogP contribution in [-0.4, -0.2) is 68.5 Å². The Labute approximate surface area is 324 Å². The second-order valence-electron chi connectivity index (χ2n) is 14.1. The molecule has 14 nitrogen and oxygen atoms in total. The average Bonchev–Trinajstić information content (AvgIpc) is 3.13. The minimum atomic E-state index is -3.66. The van der Waals surface area contributed by atoms with E-state index in [-0.39, 0.29) is 40.3 Å². The molecular formula is C41H44N4O10S. The first-order chi connectivity index (χ1) is 26.5. The fourth-order valence-electron chi connectivity index (χ4n) is 5.99. The van der Waals surface area contributed by atoms with E-state index in [1.165, 1.54) is 14.2 Å². The monoisotopic (exact) mass is 784 g/mol. The summed E-state index contributed by atoms with van der Waals surface area (Å²) in [6.45, 7) is 5.25. The smallest absolute Gasteiger partial charge is 0.323 e. The number of aliphatic hydroxyl groups is 1. The van der Waals surface area contributed by atoms with E-state index in [1.807, 2.05) is 45.0 Å². The number of urea groups is 1. The van der Waals surface area contributed by atoms with Gasteiger partial charge in [0.25, 0.3) is 0 Å². The topological polar surface area (TPSA) is 202 Å². The molecule has 0 saturated carbocycles. The highest BCUT2D eigenvalue weighted by Gasteiger charge is 2.24. The molecule has 0 fully saturated rings. The number of carbonyl (C=O) groups excluding carboxylic acids is 2. The van der Waals surface area contributed by atoms with Crippen molar-refractivity contribution in [3.8, 4) is 23.0 Å². The molecule has 0 unspecified atom stereocenters. The molecule has 0 aliphatic rings. The molecule has 0 spiro atoms. The predicted molar refractivity (Wildman–Crippen MR) is 214 cm³/mol. The van der Waals surface area contributed by atoms with Crippen molar-refractivity contribution in [2.45, 2.75) is 39.0 Å². The van der Waals surface area contributed by atoms with E-state index in [0.717, 1.165) is 17.4 Å². The maximum atomic E-state index is 13.5. The van der Waals surface area contributed by atoms with Gasteiger partial charge in [0.05, 0.1) is 55.6 Å². The first kappa shape index (κ1) is 41.0. The fourth-order valence-corrected chi connectivity index (χ4v) is 6.54. The van der Waals surface area contributed by atoms with Crippen molar-refractivity contribution in [2.75, 3.05) is 42.4 Å². The second-order valence-corrected chi connectivity index (χ2v) is 15.9. The van der Waals surface area contributed by atoms with Gasteiger partial charge in [0.1, 0.15) is 17.2 Å². The molecule has 1 atom stereocenters. The summed E-state index contributed by atoms with van der Waals surface area (Å²) >= 11 is 0. The summed E-state index contributed by atoms with van der Waals surface area (Å²) in [7, 11) is -0.847. The average molecular weight is 785 g/mol. The van der Waals surface area contributed by atoms with Gasteiger partial charge in [-0.2, -0.15) is 0 Å². The van der Waals surface area contributed by atoms with Crippen LogP contribution >= 0.6 is 0 Å². The van der Waals surface area contributed by atoms with Gasteiger partial charge < -0.3 is 35.1 Å². The molecule has 0 bridgehead atoms. The fraction of sp³-hybridized carbons (Fsp3) is 0.268. The number of pyridine rings is 1. The van der Waals surface area contributed by atoms with Gasteiger partial charge in [-0.1, -0.05) is 51.1 Å². The molecule has 5 rings (SSSR count). The number of carbonyl (C=O) groups is 3. The number of methoxy groups -OCH3 is 2. The van der Waals surface area contributed by atoms with E-state index in [2.05, 4.69) is 20.3 Å². The lowest BCUT2D eigenvalue weighted by Gasteiger charge is -2.24. The number of carboxylic acids is 1. The first-order valence-electron chi connectivity index (χ1n) is 17.5. The Morgan fingerprint density at radius 2 is 1.54 bits per heavy atom. The van der Waals surface area contributed by atoms with Crippen LogP contribution in [0.2, 0.25) is 0 Å². The maximum absolute atomic E-state index is 13.5. The Hall–Kier alpha value is -6.19. The molecule has 2 amide bonds. The molecule has 56 heavy (non-hydrogen) atoms. The summed E-state index contributed by atoms with van der Waals surface area (Å²) in [4.78, 5) is 42.1. The van der Waals surface area contributed by atoms with Gasteiger partial charge in [0.2, 0.25) is 10.0 Å². The van der Waals surface area contributed by atoms with Crippen molar-refractivity contribution in [3.63, 3.8) is 0 Å². The Balaban J connectivity index is 1.35. The summed E-state index contributed by atoms with van der Waals surface area (Å²) in [5, 5.41) is 25.7. The number of fused-ring (bicyclic) bond motifs is 1. The van der Waals surface area contributed by atoms with E-state index in [0.29, 0.717) is 40.1 Å². The van der Waals surface area contributed by atoms with Gasteiger partial charge in [0.15, 0.2) is 11.5 Å². The molecular weight excluding hydrogens is 741 g/mol. The van der Waals surface area contributed by atoms with Gasteiger partial charge in [0, 0.05) is 41.6 Å². The normalized spacial score (nSPS) is 12.1. The van der Waals surface area contributed by atoms with E-state index >= 15 is 0 Å². The quantitative estimate of drug-likeness (QED) is 0.0671. The molecule has 4 aromatic carbocycles. The largest absolute Gasteiger partial charge is 0.496 e. The number of amides is 2. The Morgan fingerprint density at radius 3 is 2.18 bits per heavy atom. The number of rotatable bonds is 15. The Kier molecular flexibility index (Phi) is 12.5. The minimum absolute atomic E-state index is 0.153. The van der Waals surface area contributed by atoms with Crippen molar-refractivity contribution in [3.05, 3.63) is 107 Å². The number of hydrogen-bond donors (Lipinski definition) is 5. The summed E-state index contributed by atoms with van der Waals surface area (Å²) in [6.07, 6.45) is 2.65. The van der Waals surface area contributed by atoms with Crippen LogP contribution in [0, 0.1) is 5.92 Å². The van der Waals surface area contributed by atoms with Crippen molar-refractivity contribution in [1.29, 1.82) is 0 Å². The van der Waals surface area contributed by atoms with Gasteiger partial charge in [-0.05, 0) is 59.0 Å². The van der Waals surface area contributed by atoms with Crippen LogP contribution < -0.4 is 29.6 Å². The number of ether oxygens (including phenoxy) is 3. The highest BCUT2D eigenvalue weighted by Crippen LogP contribution is 2.40.